The second-order valence-corrected chi connectivity index (χ2v) is 9.30. The summed E-state index contributed by atoms with van der Waals surface area (Å²) < 4.78 is 0. The van der Waals surface area contributed by atoms with Crippen LogP contribution in [0.15, 0.2) is 65.8 Å². The lowest BCUT2D eigenvalue weighted by Gasteiger charge is -2.25. The first-order chi connectivity index (χ1) is 16.2. The van der Waals surface area contributed by atoms with Gasteiger partial charge in [0.15, 0.2) is 22.3 Å². The number of hydrogen-bond donors (Lipinski definition) is 2. The maximum absolute atomic E-state index is 13.2. The van der Waals surface area contributed by atoms with Crippen molar-refractivity contribution in [1.82, 2.24) is 15.3 Å². The number of anilines is 2. The van der Waals surface area contributed by atoms with Crippen LogP contribution in [-0.2, 0) is 17.8 Å². The third kappa shape index (κ3) is 5.97. The minimum Gasteiger partial charge on any atom is -0.353 e. The number of nitrogens with one attached hydrogen (secondary N) is 2. The minimum atomic E-state index is -0.602. The van der Waals surface area contributed by atoms with Crippen molar-refractivity contribution in [2.45, 2.75) is 44.1 Å². The molecule has 1 aliphatic heterocycles. The van der Waals surface area contributed by atoms with Gasteiger partial charge in [0.2, 0.25) is 0 Å². The predicted octanol–water partition coefficient (Wildman–Crippen LogP) is 5.14. The van der Waals surface area contributed by atoms with Crippen LogP contribution >= 0.6 is 23.4 Å². The second-order valence-electron chi connectivity index (χ2n) is 7.88. The number of carbonyl (C=O) groups excluding carboxylic acids is 1. The Labute approximate surface area is 204 Å². The number of nitrogens with zero attached hydrogens (tertiary/aromatic N) is 3. The molecule has 8 heteroatoms. The molecule has 0 spiro atoms. The highest BCUT2D eigenvalue weighted by molar-refractivity contribution is 7.99. The van der Waals surface area contributed by atoms with Gasteiger partial charge in [-0.1, -0.05) is 91.0 Å². The van der Waals surface area contributed by atoms with Gasteiger partial charge < -0.3 is 15.5 Å². The van der Waals surface area contributed by atoms with Gasteiger partial charge in [-0.25, -0.2) is 9.97 Å². The average molecular weight is 482 g/mol. The molecule has 2 N–H and O–H groups in total. The first-order valence-electron chi connectivity index (χ1n) is 11.2. The van der Waals surface area contributed by atoms with E-state index >= 15 is 0 Å². The summed E-state index contributed by atoms with van der Waals surface area (Å²) in [5, 5.41) is 7.31. The van der Waals surface area contributed by atoms with Gasteiger partial charge >= 0.3 is 0 Å². The van der Waals surface area contributed by atoms with Crippen molar-refractivity contribution in [2.24, 2.45) is 0 Å². The largest absolute Gasteiger partial charge is 0.353 e. The number of hydrogen-bond acceptors (Lipinski definition) is 6. The third-order valence-electron chi connectivity index (χ3n) is 5.35. The van der Waals surface area contributed by atoms with Gasteiger partial charge in [0.05, 0.1) is 0 Å². The Bertz CT molecular complexity index is 1070. The standard InChI is InChI=1S/C25H28ClN5OS/c1-2-16-33-25-29-21(26)20-22(30-25)31(17-19-12-7-4-8-13-19)23(28-20)24(32)27-15-9-14-18-10-5-3-6-11-18/h3-8,10-13,23,28H,2,9,14-17H2,1H3,(H,27,32). The van der Waals surface area contributed by atoms with Crippen molar-refractivity contribution < 1.29 is 4.79 Å². The summed E-state index contributed by atoms with van der Waals surface area (Å²) in [7, 11) is 0. The molecule has 6 nitrogen and oxygen atoms in total. The number of benzene rings is 2. The Morgan fingerprint density at radius 3 is 2.48 bits per heavy atom. The van der Waals surface area contributed by atoms with Gasteiger partial charge in [-0.3, -0.25) is 4.79 Å². The number of aryl methyl sites for hydroxylation is 1. The minimum absolute atomic E-state index is 0.101. The molecule has 0 saturated carbocycles. The molecule has 1 aromatic heterocycles. The first-order valence-corrected chi connectivity index (χ1v) is 12.6. The Balaban J connectivity index is 1.49. The van der Waals surface area contributed by atoms with E-state index in [0.29, 0.717) is 34.9 Å². The zero-order valence-electron chi connectivity index (χ0n) is 18.6. The molecule has 1 aliphatic rings. The van der Waals surface area contributed by atoms with Crippen molar-refractivity contribution in [1.29, 1.82) is 0 Å². The molecule has 1 unspecified atom stereocenters. The Morgan fingerprint density at radius 1 is 1.09 bits per heavy atom. The van der Waals surface area contributed by atoms with E-state index in [-0.39, 0.29) is 5.91 Å². The smallest absolute Gasteiger partial charge is 0.263 e. The average Bonchev–Trinajstić information content (AvgIpc) is 3.20. The van der Waals surface area contributed by atoms with Crippen LogP contribution in [0.5, 0.6) is 0 Å². The van der Waals surface area contributed by atoms with Gasteiger partial charge in [-0.15, -0.1) is 0 Å². The molecule has 0 aliphatic carbocycles. The van der Waals surface area contributed by atoms with Crippen LogP contribution in [-0.4, -0.2) is 34.3 Å². The third-order valence-corrected chi connectivity index (χ3v) is 6.68. The molecule has 0 fully saturated rings. The first kappa shape index (κ1) is 23.4. The lowest BCUT2D eigenvalue weighted by molar-refractivity contribution is -0.121. The number of fused-ring (bicyclic) bond motifs is 1. The van der Waals surface area contributed by atoms with E-state index < -0.39 is 6.17 Å². The van der Waals surface area contributed by atoms with Gasteiger partial charge in [0, 0.05) is 18.8 Å². The maximum Gasteiger partial charge on any atom is 0.263 e. The van der Waals surface area contributed by atoms with Crippen LogP contribution < -0.4 is 15.5 Å². The predicted molar refractivity (Wildman–Crippen MR) is 136 cm³/mol. The summed E-state index contributed by atoms with van der Waals surface area (Å²) in [5.74, 6) is 1.48. The van der Waals surface area contributed by atoms with Crippen LogP contribution in [0.2, 0.25) is 5.15 Å². The van der Waals surface area contributed by atoms with Crippen LogP contribution in [0.3, 0.4) is 0 Å². The van der Waals surface area contributed by atoms with Crippen LogP contribution in [0.4, 0.5) is 11.5 Å². The van der Waals surface area contributed by atoms with Gasteiger partial charge in [0.25, 0.3) is 5.91 Å². The number of thioether (sulfide) groups is 1. The molecule has 1 atom stereocenters. The number of halogens is 1. The SMILES string of the molecule is CCCSc1nc(Cl)c2c(n1)N(Cc1ccccc1)C(C(=O)NCCCc1ccccc1)N2. The van der Waals surface area contributed by atoms with Gasteiger partial charge in [-0.2, -0.15) is 0 Å². The summed E-state index contributed by atoms with van der Waals surface area (Å²) in [6.07, 6.45) is 2.20. The Morgan fingerprint density at radius 2 is 1.79 bits per heavy atom. The number of amides is 1. The summed E-state index contributed by atoms with van der Waals surface area (Å²) in [6.45, 7) is 3.25. The lowest BCUT2D eigenvalue weighted by Crippen LogP contribution is -2.48. The van der Waals surface area contributed by atoms with Crippen molar-refractivity contribution in [2.75, 3.05) is 22.5 Å². The summed E-state index contributed by atoms with van der Waals surface area (Å²) in [4.78, 5) is 24.3. The summed E-state index contributed by atoms with van der Waals surface area (Å²) >= 11 is 8.07. The van der Waals surface area contributed by atoms with Gasteiger partial charge in [0.1, 0.15) is 5.69 Å². The Kier molecular flexibility index (Phi) is 8.07. The highest BCUT2D eigenvalue weighted by atomic mass is 35.5. The van der Waals surface area contributed by atoms with Crippen molar-refractivity contribution >= 4 is 40.8 Å². The fraction of sp³-hybridized carbons (Fsp3) is 0.320. The van der Waals surface area contributed by atoms with E-state index in [1.807, 2.05) is 53.4 Å². The molecular weight excluding hydrogens is 454 g/mol. The maximum atomic E-state index is 13.2. The highest BCUT2D eigenvalue weighted by Crippen LogP contribution is 2.39. The fourth-order valence-electron chi connectivity index (χ4n) is 3.73. The molecule has 33 heavy (non-hydrogen) atoms. The lowest BCUT2D eigenvalue weighted by atomic mass is 10.1. The van der Waals surface area contributed by atoms with E-state index in [1.54, 1.807) is 11.8 Å². The van der Waals surface area contributed by atoms with Crippen LogP contribution in [0, 0.1) is 0 Å². The number of rotatable bonds is 10. The second kappa shape index (κ2) is 11.4. The molecular formula is C25H28ClN5OS. The van der Waals surface area contributed by atoms with E-state index in [9.17, 15) is 4.79 Å². The molecule has 4 rings (SSSR count). The summed E-state index contributed by atoms with van der Waals surface area (Å²) in [5.41, 5.74) is 2.97. The highest BCUT2D eigenvalue weighted by Gasteiger charge is 2.37. The number of carbonyl (C=O) groups is 1. The molecule has 3 aromatic rings. The fourth-order valence-corrected chi connectivity index (χ4v) is 4.69. The summed E-state index contributed by atoms with van der Waals surface area (Å²) in [6, 6.07) is 20.3. The van der Waals surface area contributed by atoms with Crippen LogP contribution in [0.1, 0.15) is 30.9 Å². The van der Waals surface area contributed by atoms with Gasteiger partial charge in [-0.05, 0) is 30.4 Å². The monoisotopic (exact) mass is 481 g/mol. The van der Waals surface area contributed by atoms with Crippen molar-refractivity contribution in [3.8, 4) is 0 Å². The molecule has 0 radical (unpaired) electrons. The molecule has 2 heterocycles. The molecule has 0 saturated heterocycles. The molecule has 172 valence electrons. The number of aromatic nitrogens is 2. The van der Waals surface area contributed by atoms with Crippen molar-refractivity contribution in [3.05, 3.63) is 76.9 Å². The van der Waals surface area contributed by atoms with E-state index in [1.165, 1.54) is 5.56 Å². The van der Waals surface area contributed by atoms with E-state index in [2.05, 4.69) is 34.7 Å². The zero-order valence-corrected chi connectivity index (χ0v) is 20.2. The zero-order chi connectivity index (χ0) is 23.0. The van der Waals surface area contributed by atoms with E-state index in [4.69, 9.17) is 16.6 Å². The molecule has 1 amide bonds. The van der Waals surface area contributed by atoms with Crippen LogP contribution in [0.25, 0.3) is 0 Å². The Hall–Kier alpha value is -2.77. The molecule has 0 bridgehead atoms. The van der Waals surface area contributed by atoms with Crippen molar-refractivity contribution in [3.63, 3.8) is 0 Å². The van der Waals surface area contributed by atoms with E-state index in [0.717, 1.165) is 30.6 Å². The topological polar surface area (TPSA) is 70.2 Å². The molecule has 2 aromatic carbocycles. The normalized spacial score (nSPS) is 14.6. The quantitative estimate of drug-likeness (QED) is 0.181.